The van der Waals surface area contributed by atoms with Gasteiger partial charge in [-0.3, -0.25) is 0 Å². The summed E-state index contributed by atoms with van der Waals surface area (Å²) in [5.74, 6) is 1.67. The van der Waals surface area contributed by atoms with Gasteiger partial charge in [-0.05, 0) is 43.3 Å². The second-order valence-electron chi connectivity index (χ2n) is 5.99. The van der Waals surface area contributed by atoms with Crippen LogP contribution in [-0.4, -0.2) is 23.1 Å². The molecular weight excluding hydrogens is 304 g/mol. The monoisotopic (exact) mass is 326 g/mol. The molecule has 1 aromatic carbocycles. The molecule has 0 fully saturated rings. The van der Waals surface area contributed by atoms with E-state index in [1.165, 1.54) is 11.1 Å². The van der Waals surface area contributed by atoms with Gasteiger partial charge in [-0.15, -0.1) is 11.3 Å². The molecular formula is C18H22N4S. The first kappa shape index (κ1) is 15.7. The van der Waals surface area contributed by atoms with Crippen molar-refractivity contribution in [2.75, 3.05) is 17.3 Å². The molecule has 0 aliphatic carbocycles. The topological polar surface area (TPSA) is 41.1 Å². The fourth-order valence-corrected chi connectivity index (χ4v) is 3.14. The van der Waals surface area contributed by atoms with Crippen molar-refractivity contribution in [2.45, 2.75) is 33.4 Å². The molecule has 23 heavy (non-hydrogen) atoms. The van der Waals surface area contributed by atoms with E-state index in [1.54, 1.807) is 11.3 Å². The van der Waals surface area contributed by atoms with Crippen LogP contribution in [-0.2, 0) is 6.54 Å². The Morgan fingerprint density at radius 3 is 2.70 bits per heavy atom. The third-order valence-corrected chi connectivity index (χ3v) is 5.00. The Balaban J connectivity index is 1.93. The van der Waals surface area contributed by atoms with E-state index in [-0.39, 0.29) is 0 Å². The molecule has 0 aliphatic rings. The number of benzene rings is 1. The van der Waals surface area contributed by atoms with Crippen LogP contribution in [0.5, 0.6) is 0 Å². The minimum absolute atomic E-state index is 0.357. The molecule has 120 valence electrons. The average molecular weight is 326 g/mol. The number of thiophene rings is 1. The van der Waals surface area contributed by atoms with Gasteiger partial charge in [0.05, 0.1) is 10.2 Å². The zero-order valence-corrected chi connectivity index (χ0v) is 14.8. The number of nitrogens with one attached hydrogen (secondary N) is 1. The molecule has 0 radical (unpaired) electrons. The van der Waals surface area contributed by atoms with Crippen LogP contribution < -0.4 is 10.2 Å². The molecule has 0 amide bonds. The van der Waals surface area contributed by atoms with Crippen LogP contribution in [0.25, 0.3) is 10.2 Å². The lowest BCUT2D eigenvalue weighted by Crippen LogP contribution is -2.27. The van der Waals surface area contributed by atoms with Crippen molar-refractivity contribution in [3.63, 3.8) is 0 Å². The fourth-order valence-electron chi connectivity index (χ4n) is 2.35. The van der Waals surface area contributed by atoms with E-state index in [0.29, 0.717) is 6.04 Å². The fraction of sp³-hybridized carbons (Fsp3) is 0.333. The second-order valence-corrected chi connectivity index (χ2v) is 6.91. The van der Waals surface area contributed by atoms with Crippen LogP contribution in [0.15, 0.2) is 35.7 Å². The van der Waals surface area contributed by atoms with Crippen LogP contribution in [0.2, 0.25) is 0 Å². The Hall–Kier alpha value is -2.14. The molecule has 0 bridgehead atoms. The molecule has 3 rings (SSSR count). The van der Waals surface area contributed by atoms with Crippen LogP contribution in [0.4, 0.5) is 11.8 Å². The van der Waals surface area contributed by atoms with Crippen LogP contribution in [0.1, 0.15) is 25.0 Å². The molecule has 2 aromatic heterocycles. The highest BCUT2D eigenvalue weighted by molar-refractivity contribution is 7.17. The summed E-state index contributed by atoms with van der Waals surface area (Å²) in [6.45, 7) is 7.18. The van der Waals surface area contributed by atoms with Crippen LogP contribution >= 0.6 is 11.3 Å². The number of hydrogen-bond donors (Lipinski definition) is 1. The molecule has 1 N–H and O–H groups in total. The van der Waals surface area contributed by atoms with E-state index in [9.17, 15) is 0 Å². The molecule has 0 atom stereocenters. The van der Waals surface area contributed by atoms with E-state index < -0.39 is 0 Å². The normalized spacial score (nSPS) is 11.2. The summed E-state index contributed by atoms with van der Waals surface area (Å²) in [5.41, 5.74) is 3.57. The number of nitrogens with zero attached hydrogens (tertiary/aromatic N) is 3. The summed E-state index contributed by atoms with van der Waals surface area (Å²) in [6.07, 6.45) is 0. The molecule has 5 heteroatoms. The van der Waals surface area contributed by atoms with Gasteiger partial charge in [-0.1, -0.05) is 24.3 Å². The quantitative estimate of drug-likeness (QED) is 0.752. The lowest BCUT2D eigenvalue weighted by Gasteiger charge is -2.22. The van der Waals surface area contributed by atoms with Crippen molar-refractivity contribution >= 4 is 33.3 Å². The zero-order chi connectivity index (χ0) is 16.4. The van der Waals surface area contributed by atoms with Gasteiger partial charge < -0.3 is 10.2 Å². The number of anilines is 2. The largest absolute Gasteiger partial charge is 0.365 e. The van der Waals surface area contributed by atoms with Crippen molar-refractivity contribution < 1.29 is 0 Å². The van der Waals surface area contributed by atoms with Crippen LogP contribution in [0.3, 0.4) is 0 Å². The highest BCUT2D eigenvalue weighted by atomic mass is 32.1. The van der Waals surface area contributed by atoms with Crippen molar-refractivity contribution in [3.8, 4) is 0 Å². The number of rotatable bonds is 5. The third kappa shape index (κ3) is 3.29. The number of fused-ring (bicyclic) bond motifs is 1. The maximum absolute atomic E-state index is 4.75. The van der Waals surface area contributed by atoms with Crippen molar-refractivity contribution in [1.82, 2.24) is 9.97 Å². The van der Waals surface area contributed by atoms with E-state index >= 15 is 0 Å². The maximum atomic E-state index is 4.75. The van der Waals surface area contributed by atoms with E-state index in [4.69, 9.17) is 4.98 Å². The number of hydrogen-bond acceptors (Lipinski definition) is 5. The van der Waals surface area contributed by atoms with Crippen molar-refractivity contribution in [3.05, 3.63) is 46.8 Å². The highest BCUT2D eigenvalue weighted by Crippen LogP contribution is 2.29. The molecule has 0 aliphatic heterocycles. The van der Waals surface area contributed by atoms with Gasteiger partial charge in [0.15, 0.2) is 0 Å². The minimum atomic E-state index is 0.357. The Labute approximate surface area is 141 Å². The first-order chi connectivity index (χ1) is 11.1. The Bertz CT molecular complexity index is 810. The highest BCUT2D eigenvalue weighted by Gasteiger charge is 2.14. The van der Waals surface area contributed by atoms with E-state index in [2.05, 4.69) is 71.7 Å². The zero-order valence-electron chi connectivity index (χ0n) is 14.0. The van der Waals surface area contributed by atoms with Gasteiger partial charge in [0.2, 0.25) is 5.95 Å². The van der Waals surface area contributed by atoms with Crippen molar-refractivity contribution in [1.29, 1.82) is 0 Å². The van der Waals surface area contributed by atoms with Gasteiger partial charge in [-0.2, -0.15) is 4.98 Å². The minimum Gasteiger partial charge on any atom is -0.365 e. The smallest absolute Gasteiger partial charge is 0.227 e. The standard InChI is InChI=1S/C18H22N4S/c1-12(2)22(4)18-20-15-9-10-23-16(15)17(21-18)19-11-14-8-6-5-7-13(14)3/h5-10,12H,11H2,1-4H3,(H,19,20,21). The second kappa shape index (κ2) is 6.54. The lowest BCUT2D eigenvalue weighted by molar-refractivity contribution is 0.732. The maximum Gasteiger partial charge on any atom is 0.227 e. The Morgan fingerprint density at radius 1 is 1.17 bits per heavy atom. The number of aryl methyl sites for hydroxylation is 1. The van der Waals surface area contributed by atoms with Gasteiger partial charge in [0.25, 0.3) is 0 Å². The summed E-state index contributed by atoms with van der Waals surface area (Å²) < 4.78 is 1.11. The SMILES string of the molecule is Cc1ccccc1CNc1nc(N(C)C(C)C)nc2ccsc12. The summed E-state index contributed by atoms with van der Waals surface area (Å²) in [4.78, 5) is 11.5. The van der Waals surface area contributed by atoms with E-state index in [1.807, 2.05) is 7.05 Å². The molecule has 0 spiro atoms. The first-order valence-corrected chi connectivity index (χ1v) is 8.70. The first-order valence-electron chi connectivity index (χ1n) is 7.82. The molecule has 2 heterocycles. The molecule has 4 nitrogen and oxygen atoms in total. The number of aromatic nitrogens is 2. The summed E-state index contributed by atoms with van der Waals surface area (Å²) >= 11 is 1.68. The molecule has 0 saturated carbocycles. The Morgan fingerprint density at radius 2 is 1.96 bits per heavy atom. The molecule has 3 aromatic rings. The van der Waals surface area contributed by atoms with E-state index in [0.717, 1.165) is 28.5 Å². The van der Waals surface area contributed by atoms with Gasteiger partial charge in [-0.25, -0.2) is 4.98 Å². The molecule has 0 saturated heterocycles. The van der Waals surface area contributed by atoms with Crippen molar-refractivity contribution in [2.24, 2.45) is 0 Å². The molecule has 0 unspecified atom stereocenters. The summed E-state index contributed by atoms with van der Waals surface area (Å²) in [7, 11) is 2.03. The lowest BCUT2D eigenvalue weighted by atomic mass is 10.1. The summed E-state index contributed by atoms with van der Waals surface area (Å²) in [6, 6.07) is 10.8. The van der Waals surface area contributed by atoms with Crippen LogP contribution in [0, 0.1) is 6.92 Å². The van der Waals surface area contributed by atoms with Gasteiger partial charge in [0.1, 0.15) is 5.82 Å². The van der Waals surface area contributed by atoms with Gasteiger partial charge >= 0.3 is 0 Å². The predicted octanol–water partition coefficient (Wildman–Crippen LogP) is 4.46. The van der Waals surface area contributed by atoms with Gasteiger partial charge in [0, 0.05) is 19.6 Å². The predicted molar refractivity (Wildman–Crippen MR) is 99.5 cm³/mol. The average Bonchev–Trinajstić information content (AvgIpc) is 3.01. The third-order valence-electron chi connectivity index (χ3n) is 4.09. The Kier molecular flexibility index (Phi) is 4.48. The summed E-state index contributed by atoms with van der Waals surface area (Å²) in [5, 5.41) is 5.56.